The molecule has 0 unspecified atom stereocenters. The Balaban J connectivity index is 2.78. The Morgan fingerprint density at radius 2 is 2.12 bits per heavy atom. The van der Waals surface area contributed by atoms with Crippen LogP contribution in [-0.2, 0) is 11.3 Å². The van der Waals surface area contributed by atoms with Crippen LogP contribution in [0.1, 0.15) is 5.56 Å². The van der Waals surface area contributed by atoms with Crippen LogP contribution in [0.2, 0.25) is 0 Å². The Hall–Kier alpha value is -1.42. The Kier molecular flexibility index (Phi) is 4.92. The zero-order chi connectivity index (χ0) is 12.0. The standard InChI is InChI=1S/C11H14ClNO3/c1-15-9-3-4-10(16-2)8(5-9)7-13-11(14)6-12/h3-5H,6-7H2,1-2H3,(H,13,14). The molecule has 16 heavy (non-hydrogen) atoms. The summed E-state index contributed by atoms with van der Waals surface area (Å²) in [6.07, 6.45) is 0. The molecule has 5 heteroatoms. The van der Waals surface area contributed by atoms with Gasteiger partial charge >= 0.3 is 0 Å². The molecule has 0 aromatic heterocycles. The highest BCUT2D eigenvalue weighted by Crippen LogP contribution is 2.23. The second kappa shape index (κ2) is 6.23. The van der Waals surface area contributed by atoms with Crippen LogP contribution < -0.4 is 14.8 Å². The van der Waals surface area contributed by atoms with Crippen LogP contribution in [0.15, 0.2) is 18.2 Å². The van der Waals surface area contributed by atoms with E-state index < -0.39 is 0 Å². The molecule has 1 amide bonds. The largest absolute Gasteiger partial charge is 0.497 e. The molecule has 0 bridgehead atoms. The third kappa shape index (κ3) is 3.31. The summed E-state index contributed by atoms with van der Waals surface area (Å²) in [5, 5.41) is 2.67. The predicted octanol–water partition coefficient (Wildman–Crippen LogP) is 1.56. The number of rotatable bonds is 5. The molecule has 0 saturated carbocycles. The summed E-state index contributed by atoms with van der Waals surface area (Å²) >= 11 is 5.38. The van der Waals surface area contributed by atoms with Gasteiger partial charge in [-0.25, -0.2) is 0 Å². The minimum Gasteiger partial charge on any atom is -0.497 e. The second-order valence-corrected chi connectivity index (χ2v) is 3.36. The van der Waals surface area contributed by atoms with Gasteiger partial charge in [-0.1, -0.05) is 0 Å². The predicted molar refractivity (Wildman–Crippen MR) is 62.1 cm³/mol. The van der Waals surface area contributed by atoms with Crippen LogP contribution in [0.3, 0.4) is 0 Å². The van der Waals surface area contributed by atoms with Crippen molar-refractivity contribution in [2.45, 2.75) is 6.54 Å². The molecule has 0 aliphatic carbocycles. The Labute approximate surface area is 99.5 Å². The summed E-state index contributed by atoms with van der Waals surface area (Å²) in [5.41, 5.74) is 0.848. The van der Waals surface area contributed by atoms with Gasteiger partial charge in [0.2, 0.25) is 5.91 Å². The maximum Gasteiger partial charge on any atom is 0.235 e. The molecular formula is C11H14ClNO3. The van der Waals surface area contributed by atoms with E-state index >= 15 is 0 Å². The van der Waals surface area contributed by atoms with Crippen molar-refractivity contribution in [1.29, 1.82) is 0 Å². The Morgan fingerprint density at radius 1 is 1.38 bits per heavy atom. The summed E-state index contributed by atoms with van der Waals surface area (Å²) in [6.45, 7) is 0.367. The van der Waals surface area contributed by atoms with E-state index in [9.17, 15) is 4.79 Å². The number of ether oxygens (including phenoxy) is 2. The molecule has 4 nitrogen and oxygen atoms in total. The highest BCUT2D eigenvalue weighted by Gasteiger charge is 2.06. The van der Waals surface area contributed by atoms with Crippen molar-refractivity contribution >= 4 is 17.5 Å². The van der Waals surface area contributed by atoms with Crippen LogP contribution in [0.25, 0.3) is 0 Å². The third-order valence-corrected chi connectivity index (χ3v) is 2.33. The number of hydrogen-bond acceptors (Lipinski definition) is 3. The van der Waals surface area contributed by atoms with Gasteiger partial charge in [0.15, 0.2) is 0 Å². The first-order chi connectivity index (χ1) is 7.71. The second-order valence-electron chi connectivity index (χ2n) is 3.09. The van der Waals surface area contributed by atoms with E-state index in [1.807, 2.05) is 6.07 Å². The maximum atomic E-state index is 11.0. The molecule has 0 fully saturated rings. The molecule has 0 aliphatic rings. The molecule has 0 radical (unpaired) electrons. The molecule has 1 aromatic rings. The highest BCUT2D eigenvalue weighted by molar-refractivity contribution is 6.27. The van der Waals surface area contributed by atoms with E-state index in [2.05, 4.69) is 5.32 Å². The average Bonchev–Trinajstić information content (AvgIpc) is 2.35. The van der Waals surface area contributed by atoms with Crippen molar-refractivity contribution in [2.75, 3.05) is 20.1 Å². The zero-order valence-corrected chi connectivity index (χ0v) is 10.0. The summed E-state index contributed by atoms with van der Waals surface area (Å²) in [5.74, 6) is 1.16. The van der Waals surface area contributed by atoms with Crippen molar-refractivity contribution in [1.82, 2.24) is 5.32 Å². The summed E-state index contributed by atoms with van der Waals surface area (Å²) in [6, 6.07) is 5.40. The smallest absolute Gasteiger partial charge is 0.235 e. The molecule has 0 aliphatic heterocycles. The zero-order valence-electron chi connectivity index (χ0n) is 9.25. The van der Waals surface area contributed by atoms with Crippen LogP contribution in [0.5, 0.6) is 11.5 Å². The Morgan fingerprint density at radius 3 is 2.69 bits per heavy atom. The van der Waals surface area contributed by atoms with Gasteiger partial charge in [0.1, 0.15) is 17.4 Å². The topological polar surface area (TPSA) is 47.6 Å². The maximum absolute atomic E-state index is 11.0. The monoisotopic (exact) mass is 243 g/mol. The van der Waals surface area contributed by atoms with Crippen molar-refractivity contribution in [3.63, 3.8) is 0 Å². The lowest BCUT2D eigenvalue weighted by molar-refractivity contribution is -0.118. The lowest BCUT2D eigenvalue weighted by Crippen LogP contribution is -2.23. The van der Waals surface area contributed by atoms with Crippen molar-refractivity contribution in [2.24, 2.45) is 0 Å². The molecule has 0 saturated heterocycles. The van der Waals surface area contributed by atoms with Gasteiger partial charge in [-0.2, -0.15) is 0 Å². The average molecular weight is 244 g/mol. The van der Waals surface area contributed by atoms with Crippen LogP contribution in [0.4, 0.5) is 0 Å². The fraction of sp³-hybridized carbons (Fsp3) is 0.364. The number of hydrogen-bond donors (Lipinski definition) is 1. The van der Waals surface area contributed by atoms with E-state index in [1.54, 1.807) is 26.4 Å². The minimum atomic E-state index is -0.216. The SMILES string of the molecule is COc1ccc(OC)c(CNC(=O)CCl)c1. The lowest BCUT2D eigenvalue weighted by atomic mass is 10.2. The molecule has 88 valence electrons. The minimum absolute atomic E-state index is 0.0493. The summed E-state index contributed by atoms with van der Waals surface area (Å²) in [7, 11) is 3.16. The van der Waals surface area contributed by atoms with Crippen LogP contribution in [0, 0.1) is 0 Å². The molecule has 0 spiro atoms. The summed E-state index contributed by atoms with van der Waals surface area (Å²) < 4.78 is 10.3. The van der Waals surface area contributed by atoms with E-state index in [0.29, 0.717) is 12.3 Å². The van der Waals surface area contributed by atoms with Crippen LogP contribution >= 0.6 is 11.6 Å². The van der Waals surface area contributed by atoms with E-state index in [-0.39, 0.29) is 11.8 Å². The molecule has 1 rings (SSSR count). The molecule has 1 N–H and O–H groups in total. The third-order valence-electron chi connectivity index (χ3n) is 2.08. The fourth-order valence-electron chi connectivity index (χ4n) is 1.26. The number of benzene rings is 1. The Bertz CT molecular complexity index is 368. The molecule has 1 aromatic carbocycles. The molecule has 0 heterocycles. The number of carbonyl (C=O) groups is 1. The van der Waals surface area contributed by atoms with Gasteiger partial charge in [0.25, 0.3) is 0 Å². The molecular weight excluding hydrogens is 230 g/mol. The number of amides is 1. The van der Waals surface area contributed by atoms with Crippen molar-refractivity contribution in [3.8, 4) is 11.5 Å². The van der Waals surface area contributed by atoms with Gasteiger partial charge in [-0.05, 0) is 18.2 Å². The van der Waals surface area contributed by atoms with Gasteiger partial charge in [-0.15, -0.1) is 11.6 Å². The fourth-order valence-corrected chi connectivity index (χ4v) is 1.36. The number of alkyl halides is 1. The first-order valence-corrected chi connectivity index (χ1v) is 5.28. The summed E-state index contributed by atoms with van der Waals surface area (Å²) in [4.78, 5) is 11.0. The van der Waals surface area contributed by atoms with E-state index in [4.69, 9.17) is 21.1 Å². The number of halogens is 1. The number of nitrogens with one attached hydrogen (secondary N) is 1. The van der Waals surface area contributed by atoms with Gasteiger partial charge in [0.05, 0.1) is 14.2 Å². The van der Waals surface area contributed by atoms with Crippen LogP contribution in [-0.4, -0.2) is 26.0 Å². The molecule has 0 atom stereocenters. The quantitative estimate of drug-likeness (QED) is 0.799. The van der Waals surface area contributed by atoms with Gasteiger partial charge in [-0.3, -0.25) is 4.79 Å². The van der Waals surface area contributed by atoms with Crippen molar-refractivity contribution in [3.05, 3.63) is 23.8 Å². The lowest BCUT2D eigenvalue weighted by Gasteiger charge is -2.10. The number of carbonyl (C=O) groups excluding carboxylic acids is 1. The van der Waals surface area contributed by atoms with E-state index in [0.717, 1.165) is 11.3 Å². The first kappa shape index (κ1) is 12.6. The first-order valence-electron chi connectivity index (χ1n) is 4.74. The van der Waals surface area contributed by atoms with Gasteiger partial charge < -0.3 is 14.8 Å². The number of methoxy groups -OCH3 is 2. The highest BCUT2D eigenvalue weighted by atomic mass is 35.5. The van der Waals surface area contributed by atoms with Gasteiger partial charge in [0, 0.05) is 12.1 Å². The normalized spacial score (nSPS) is 9.69. The van der Waals surface area contributed by atoms with Crippen molar-refractivity contribution < 1.29 is 14.3 Å². The van der Waals surface area contributed by atoms with E-state index in [1.165, 1.54) is 0 Å².